The second-order valence-electron chi connectivity index (χ2n) is 6.72. The van der Waals surface area contributed by atoms with Crippen LogP contribution in [0.4, 0.5) is 4.79 Å². The average Bonchev–Trinajstić information content (AvgIpc) is 3.19. The molecule has 3 aliphatic rings. The SMILES string of the molecule is O=C(N1CCC2(Cc3ccccc3O2)C1)N1OC1c1ccccc1. The van der Waals surface area contributed by atoms with Gasteiger partial charge in [-0.3, -0.25) is 0 Å². The van der Waals surface area contributed by atoms with Crippen molar-refractivity contribution in [3.63, 3.8) is 0 Å². The summed E-state index contributed by atoms with van der Waals surface area (Å²) >= 11 is 0. The third-order valence-electron chi connectivity index (χ3n) is 5.05. The predicted octanol–water partition coefficient (Wildman–Crippen LogP) is 3.13. The van der Waals surface area contributed by atoms with Crippen LogP contribution in [0.1, 0.15) is 23.8 Å². The fraction of sp³-hybridized carbons (Fsp3) is 0.316. The Morgan fingerprint density at radius 3 is 2.71 bits per heavy atom. The van der Waals surface area contributed by atoms with Gasteiger partial charge in [-0.1, -0.05) is 48.5 Å². The third-order valence-corrected chi connectivity index (χ3v) is 5.05. The minimum absolute atomic E-state index is 0.0692. The van der Waals surface area contributed by atoms with E-state index in [-0.39, 0.29) is 17.9 Å². The first-order valence-corrected chi connectivity index (χ1v) is 8.31. The Hall–Kier alpha value is -2.53. The summed E-state index contributed by atoms with van der Waals surface area (Å²) in [5.41, 5.74) is 1.97. The van der Waals surface area contributed by atoms with Gasteiger partial charge >= 0.3 is 6.03 Å². The summed E-state index contributed by atoms with van der Waals surface area (Å²) in [4.78, 5) is 20.0. The van der Waals surface area contributed by atoms with E-state index in [0.29, 0.717) is 13.1 Å². The summed E-state index contributed by atoms with van der Waals surface area (Å²) in [6.07, 6.45) is 1.48. The van der Waals surface area contributed by atoms with Crippen molar-refractivity contribution in [2.75, 3.05) is 13.1 Å². The molecule has 0 bridgehead atoms. The molecule has 24 heavy (non-hydrogen) atoms. The number of hydrogen-bond donors (Lipinski definition) is 0. The zero-order valence-electron chi connectivity index (χ0n) is 13.2. The number of hydroxylamine groups is 2. The molecule has 5 nitrogen and oxygen atoms in total. The van der Waals surface area contributed by atoms with Gasteiger partial charge in [0.05, 0.1) is 6.54 Å². The predicted molar refractivity (Wildman–Crippen MR) is 87.2 cm³/mol. The topological polar surface area (TPSA) is 45.1 Å². The van der Waals surface area contributed by atoms with Gasteiger partial charge in [-0.15, -0.1) is 0 Å². The fourth-order valence-corrected chi connectivity index (χ4v) is 3.78. The van der Waals surface area contributed by atoms with Crippen LogP contribution in [-0.4, -0.2) is 34.7 Å². The molecule has 2 amide bonds. The second-order valence-corrected chi connectivity index (χ2v) is 6.72. The molecule has 2 saturated heterocycles. The number of amides is 2. The number of benzene rings is 2. The van der Waals surface area contributed by atoms with Crippen LogP contribution < -0.4 is 4.74 Å². The Bertz CT molecular complexity index is 767. The van der Waals surface area contributed by atoms with Crippen molar-refractivity contribution < 1.29 is 14.4 Å². The van der Waals surface area contributed by atoms with Gasteiger partial charge in [0.25, 0.3) is 0 Å². The third kappa shape index (κ3) is 2.16. The number of carbonyl (C=O) groups is 1. The van der Waals surface area contributed by atoms with E-state index in [1.54, 1.807) is 0 Å². The first-order chi connectivity index (χ1) is 11.7. The molecular formula is C19H18N2O3. The van der Waals surface area contributed by atoms with Crippen LogP contribution in [0.3, 0.4) is 0 Å². The Labute approximate surface area is 140 Å². The number of nitrogens with zero attached hydrogens (tertiary/aromatic N) is 2. The van der Waals surface area contributed by atoms with Crippen molar-refractivity contribution in [3.05, 3.63) is 65.7 Å². The van der Waals surface area contributed by atoms with Crippen molar-refractivity contribution in [3.8, 4) is 5.75 Å². The molecule has 5 heteroatoms. The summed E-state index contributed by atoms with van der Waals surface area (Å²) in [5, 5.41) is 1.45. The number of ether oxygens (including phenoxy) is 1. The first-order valence-electron chi connectivity index (χ1n) is 8.31. The molecule has 1 spiro atoms. The maximum absolute atomic E-state index is 12.7. The molecule has 2 fully saturated rings. The molecular weight excluding hydrogens is 304 g/mol. The largest absolute Gasteiger partial charge is 0.485 e. The molecule has 0 saturated carbocycles. The van der Waals surface area contributed by atoms with Crippen molar-refractivity contribution in [1.82, 2.24) is 9.96 Å². The summed E-state index contributed by atoms with van der Waals surface area (Å²) in [5.74, 6) is 0.955. The summed E-state index contributed by atoms with van der Waals surface area (Å²) in [7, 11) is 0. The van der Waals surface area contributed by atoms with Gasteiger partial charge in [0.1, 0.15) is 11.4 Å². The van der Waals surface area contributed by atoms with Crippen LogP contribution in [0.15, 0.2) is 54.6 Å². The second kappa shape index (κ2) is 4.98. The average molecular weight is 322 g/mol. The van der Waals surface area contributed by atoms with Gasteiger partial charge in [0.15, 0.2) is 0 Å². The number of para-hydroxylation sites is 1. The van der Waals surface area contributed by atoms with Crippen LogP contribution in [0.2, 0.25) is 0 Å². The van der Waals surface area contributed by atoms with Gasteiger partial charge in [0.2, 0.25) is 6.23 Å². The lowest BCUT2D eigenvalue weighted by molar-refractivity contribution is 0.0968. The van der Waals surface area contributed by atoms with Crippen LogP contribution in [0, 0.1) is 0 Å². The van der Waals surface area contributed by atoms with Crippen molar-refractivity contribution in [1.29, 1.82) is 0 Å². The van der Waals surface area contributed by atoms with E-state index in [0.717, 1.165) is 24.2 Å². The number of urea groups is 1. The Kier molecular flexibility index (Phi) is 2.88. The maximum atomic E-state index is 12.7. The smallest absolute Gasteiger partial charge is 0.347 e. The summed E-state index contributed by atoms with van der Waals surface area (Å²) in [6, 6.07) is 17.9. The van der Waals surface area contributed by atoms with E-state index in [1.165, 1.54) is 10.6 Å². The first kappa shape index (κ1) is 13.9. The highest BCUT2D eigenvalue weighted by molar-refractivity contribution is 5.76. The molecule has 2 atom stereocenters. The lowest BCUT2D eigenvalue weighted by Gasteiger charge is -2.23. The van der Waals surface area contributed by atoms with Crippen molar-refractivity contribution in [2.45, 2.75) is 24.7 Å². The van der Waals surface area contributed by atoms with Crippen LogP contribution in [0.5, 0.6) is 5.75 Å². The zero-order valence-corrected chi connectivity index (χ0v) is 13.2. The monoisotopic (exact) mass is 322 g/mol. The molecule has 2 unspecified atom stereocenters. The molecule has 0 aliphatic carbocycles. The fourth-order valence-electron chi connectivity index (χ4n) is 3.78. The van der Waals surface area contributed by atoms with Crippen molar-refractivity contribution in [2.24, 2.45) is 0 Å². The van der Waals surface area contributed by atoms with E-state index in [2.05, 4.69) is 6.07 Å². The highest BCUT2D eigenvalue weighted by Crippen LogP contribution is 2.43. The quantitative estimate of drug-likeness (QED) is 0.758. The summed E-state index contributed by atoms with van der Waals surface area (Å²) in [6.45, 7) is 1.32. The highest BCUT2D eigenvalue weighted by Gasteiger charge is 2.51. The van der Waals surface area contributed by atoms with Crippen molar-refractivity contribution >= 4 is 6.03 Å². The Balaban J connectivity index is 1.27. The molecule has 2 aromatic carbocycles. The molecule has 0 N–H and O–H groups in total. The standard InChI is InChI=1S/C19H18N2O3/c22-18(21-17(24-21)14-6-2-1-3-7-14)20-11-10-19(13-20)12-15-8-4-5-9-16(15)23-19/h1-9,17H,10-13H2. The molecule has 0 radical (unpaired) electrons. The lowest BCUT2D eigenvalue weighted by atomic mass is 9.96. The molecule has 0 aromatic heterocycles. The molecule has 3 aliphatic heterocycles. The number of rotatable bonds is 1. The number of likely N-dealkylation sites (tertiary alicyclic amines) is 1. The van der Waals surface area contributed by atoms with Gasteiger partial charge in [-0.2, -0.15) is 5.06 Å². The van der Waals surface area contributed by atoms with Crippen LogP contribution >= 0.6 is 0 Å². The molecule has 3 heterocycles. The van der Waals surface area contributed by atoms with E-state index in [1.807, 2.05) is 53.4 Å². The normalized spacial score (nSPS) is 27.2. The van der Waals surface area contributed by atoms with Gasteiger partial charge in [0, 0.05) is 24.9 Å². The van der Waals surface area contributed by atoms with E-state index in [9.17, 15) is 4.79 Å². The number of carbonyl (C=O) groups excluding carboxylic acids is 1. The minimum atomic E-state index is -0.266. The van der Waals surface area contributed by atoms with Crippen LogP contribution in [0.25, 0.3) is 0 Å². The van der Waals surface area contributed by atoms with E-state index >= 15 is 0 Å². The maximum Gasteiger partial charge on any atom is 0.347 e. The number of fused-ring (bicyclic) bond motifs is 1. The number of hydrogen-bond acceptors (Lipinski definition) is 3. The van der Waals surface area contributed by atoms with Crippen LogP contribution in [-0.2, 0) is 11.3 Å². The van der Waals surface area contributed by atoms with E-state index in [4.69, 9.17) is 9.57 Å². The Morgan fingerprint density at radius 1 is 1.08 bits per heavy atom. The summed E-state index contributed by atoms with van der Waals surface area (Å²) < 4.78 is 6.19. The molecule has 122 valence electrons. The minimum Gasteiger partial charge on any atom is -0.485 e. The molecule has 2 aromatic rings. The van der Waals surface area contributed by atoms with Gasteiger partial charge < -0.3 is 9.64 Å². The molecule has 5 rings (SSSR count). The highest BCUT2D eigenvalue weighted by atomic mass is 16.8. The zero-order chi connectivity index (χ0) is 16.1. The lowest BCUT2D eigenvalue weighted by Crippen LogP contribution is -2.41. The van der Waals surface area contributed by atoms with Gasteiger partial charge in [-0.05, 0) is 11.6 Å². The van der Waals surface area contributed by atoms with Gasteiger partial charge in [-0.25, -0.2) is 9.63 Å². The Morgan fingerprint density at radius 2 is 1.88 bits per heavy atom. The van der Waals surface area contributed by atoms with E-state index < -0.39 is 0 Å².